The maximum Gasteiger partial charge on any atom is 0.134 e. The van der Waals surface area contributed by atoms with E-state index in [1.165, 1.54) is 31.4 Å². The first kappa shape index (κ1) is 16.0. The van der Waals surface area contributed by atoms with Gasteiger partial charge in [0.15, 0.2) is 0 Å². The molecule has 0 amide bonds. The second-order valence-electron chi connectivity index (χ2n) is 5.23. The van der Waals surface area contributed by atoms with Gasteiger partial charge in [0.1, 0.15) is 29.7 Å². The van der Waals surface area contributed by atoms with E-state index in [0.717, 1.165) is 5.56 Å². The van der Waals surface area contributed by atoms with Crippen LogP contribution in [0.15, 0.2) is 66.7 Å². The van der Waals surface area contributed by atoms with Crippen LogP contribution in [0.2, 0.25) is 0 Å². The highest BCUT2D eigenvalue weighted by molar-refractivity contribution is 5.76. The van der Waals surface area contributed by atoms with Crippen molar-refractivity contribution in [2.45, 2.75) is 6.61 Å². The average molecular weight is 326 g/mol. The summed E-state index contributed by atoms with van der Waals surface area (Å²) in [5, 5.41) is 0. The summed E-state index contributed by atoms with van der Waals surface area (Å²) in [6.07, 6.45) is 0. The van der Waals surface area contributed by atoms with Crippen LogP contribution in [0.5, 0.6) is 11.5 Å². The number of methoxy groups -OCH3 is 1. The van der Waals surface area contributed by atoms with Gasteiger partial charge in [0.05, 0.1) is 12.7 Å². The molecule has 0 aliphatic carbocycles. The Morgan fingerprint density at radius 2 is 1.62 bits per heavy atom. The Morgan fingerprint density at radius 3 is 2.38 bits per heavy atom. The second-order valence-corrected chi connectivity index (χ2v) is 5.23. The van der Waals surface area contributed by atoms with Crippen LogP contribution >= 0.6 is 0 Å². The third-order valence-corrected chi connectivity index (χ3v) is 3.65. The van der Waals surface area contributed by atoms with Crippen molar-refractivity contribution in [3.63, 3.8) is 0 Å². The Balaban J connectivity index is 1.99. The van der Waals surface area contributed by atoms with Gasteiger partial charge < -0.3 is 9.47 Å². The molecule has 3 aromatic carbocycles. The number of hydrogen-bond donors (Lipinski definition) is 0. The highest BCUT2D eigenvalue weighted by Gasteiger charge is 2.17. The monoisotopic (exact) mass is 326 g/mol. The molecule has 3 rings (SSSR count). The Kier molecular flexibility index (Phi) is 4.75. The zero-order valence-corrected chi connectivity index (χ0v) is 13.1. The normalized spacial score (nSPS) is 10.5. The van der Waals surface area contributed by atoms with Gasteiger partial charge in [-0.3, -0.25) is 0 Å². The summed E-state index contributed by atoms with van der Waals surface area (Å²) in [6, 6.07) is 18.2. The first-order valence-corrected chi connectivity index (χ1v) is 7.48. The summed E-state index contributed by atoms with van der Waals surface area (Å²) in [6.45, 7) is 0.306. The molecule has 4 heteroatoms. The molecule has 0 radical (unpaired) electrons. The summed E-state index contributed by atoms with van der Waals surface area (Å²) in [5.41, 5.74) is 1.67. The van der Waals surface area contributed by atoms with Gasteiger partial charge in [-0.15, -0.1) is 0 Å². The third-order valence-electron chi connectivity index (χ3n) is 3.65. The molecule has 0 bridgehead atoms. The van der Waals surface area contributed by atoms with E-state index in [-0.39, 0.29) is 11.3 Å². The van der Waals surface area contributed by atoms with E-state index in [0.29, 0.717) is 17.9 Å². The van der Waals surface area contributed by atoms with Crippen molar-refractivity contribution in [1.29, 1.82) is 0 Å². The predicted octanol–water partition coefficient (Wildman–Crippen LogP) is 5.22. The molecule has 0 spiro atoms. The number of benzene rings is 3. The quantitative estimate of drug-likeness (QED) is 0.640. The van der Waals surface area contributed by atoms with Crippen LogP contribution in [0.4, 0.5) is 8.78 Å². The summed E-state index contributed by atoms with van der Waals surface area (Å²) in [4.78, 5) is 0. The van der Waals surface area contributed by atoms with Crippen LogP contribution in [0, 0.1) is 11.6 Å². The van der Waals surface area contributed by atoms with Crippen molar-refractivity contribution < 1.29 is 18.3 Å². The molecule has 0 unspecified atom stereocenters. The largest absolute Gasteiger partial charge is 0.496 e. The molecule has 2 nitrogen and oxygen atoms in total. The molecule has 0 N–H and O–H groups in total. The van der Waals surface area contributed by atoms with Crippen LogP contribution in [0.25, 0.3) is 11.1 Å². The molecule has 0 saturated carbocycles. The lowest BCUT2D eigenvalue weighted by molar-refractivity contribution is 0.306. The molecular formula is C20H16F2O2. The number of hydrogen-bond acceptors (Lipinski definition) is 2. The molecule has 0 heterocycles. The summed E-state index contributed by atoms with van der Waals surface area (Å²) >= 11 is 0. The van der Waals surface area contributed by atoms with Gasteiger partial charge >= 0.3 is 0 Å². The number of halogens is 2. The van der Waals surface area contributed by atoms with Crippen molar-refractivity contribution in [1.82, 2.24) is 0 Å². The molecular weight excluding hydrogens is 310 g/mol. The van der Waals surface area contributed by atoms with Gasteiger partial charge in [-0.25, -0.2) is 8.78 Å². The van der Waals surface area contributed by atoms with Gasteiger partial charge in [-0.05, 0) is 29.8 Å². The average Bonchev–Trinajstić information content (AvgIpc) is 2.61. The van der Waals surface area contributed by atoms with Crippen molar-refractivity contribution in [3.05, 3.63) is 83.9 Å². The summed E-state index contributed by atoms with van der Waals surface area (Å²) < 4.78 is 38.9. The van der Waals surface area contributed by atoms with Crippen LogP contribution in [0.1, 0.15) is 5.56 Å². The van der Waals surface area contributed by atoms with Crippen LogP contribution in [-0.2, 0) is 6.61 Å². The Morgan fingerprint density at radius 1 is 0.833 bits per heavy atom. The maximum absolute atomic E-state index is 14.4. The van der Waals surface area contributed by atoms with E-state index in [2.05, 4.69) is 0 Å². The highest BCUT2D eigenvalue weighted by atomic mass is 19.1. The molecule has 122 valence electrons. The van der Waals surface area contributed by atoms with Gasteiger partial charge in [0.25, 0.3) is 0 Å². The fourth-order valence-electron chi connectivity index (χ4n) is 2.49. The standard InChI is InChI=1S/C20H16F2O2/c1-23-19-12-15(21)10-11-16(19)20-17(22)8-5-9-18(20)24-13-14-6-3-2-4-7-14/h2-12H,13H2,1H3. The second kappa shape index (κ2) is 7.13. The van der Waals surface area contributed by atoms with Crippen LogP contribution in [0.3, 0.4) is 0 Å². The smallest absolute Gasteiger partial charge is 0.134 e. The van der Waals surface area contributed by atoms with E-state index in [1.54, 1.807) is 12.1 Å². The highest BCUT2D eigenvalue weighted by Crippen LogP contribution is 2.38. The zero-order chi connectivity index (χ0) is 16.9. The van der Waals surface area contributed by atoms with Crippen LogP contribution in [-0.4, -0.2) is 7.11 Å². The van der Waals surface area contributed by atoms with E-state index < -0.39 is 11.6 Å². The topological polar surface area (TPSA) is 18.5 Å². The van der Waals surface area contributed by atoms with Crippen LogP contribution < -0.4 is 9.47 Å². The van der Waals surface area contributed by atoms with E-state index in [4.69, 9.17) is 9.47 Å². The van der Waals surface area contributed by atoms with Crippen molar-refractivity contribution in [2.75, 3.05) is 7.11 Å². The van der Waals surface area contributed by atoms with Crippen molar-refractivity contribution in [2.24, 2.45) is 0 Å². The minimum absolute atomic E-state index is 0.254. The number of rotatable bonds is 5. The summed E-state index contributed by atoms with van der Waals surface area (Å²) in [7, 11) is 1.42. The zero-order valence-electron chi connectivity index (χ0n) is 13.1. The molecule has 0 fully saturated rings. The lowest BCUT2D eigenvalue weighted by Gasteiger charge is -2.15. The van der Waals surface area contributed by atoms with Crippen molar-refractivity contribution >= 4 is 0 Å². The molecule has 0 atom stereocenters. The minimum Gasteiger partial charge on any atom is -0.496 e. The fourth-order valence-corrected chi connectivity index (χ4v) is 2.49. The van der Waals surface area contributed by atoms with Crippen molar-refractivity contribution in [3.8, 4) is 22.6 Å². The lowest BCUT2D eigenvalue weighted by Crippen LogP contribution is -1.99. The maximum atomic E-state index is 14.4. The van der Waals surface area contributed by atoms with Gasteiger partial charge in [0.2, 0.25) is 0 Å². The first-order chi connectivity index (χ1) is 11.7. The van der Waals surface area contributed by atoms with Gasteiger partial charge in [0, 0.05) is 11.6 Å². The Labute approximate surface area is 139 Å². The molecule has 0 aliphatic rings. The molecule has 0 saturated heterocycles. The SMILES string of the molecule is COc1cc(F)ccc1-c1c(F)cccc1OCc1ccccc1. The van der Waals surface area contributed by atoms with Gasteiger partial charge in [-0.2, -0.15) is 0 Å². The predicted molar refractivity (Wildman–Crippen MR) is 89.1 cm³/mol. The molecule has 3 aromatic rings. The van der Waals surface area contributed by atoms with Gasteiger partial charge in [-0.1, -0.05) is 36.4 Å². The van der Waals surface area contributed by atoms with E-state index >= 15 is 0 Å². The molecule has 0 aliphatic heterocycles. The van der Waals surface area contributed by atoms with E-state index in [9.17, 15) is 8.78 Å². The van der Waals surface area contributed by atoms with E-state index in [1.807, 2.05) is 30.3 Å². The fraction of sp³-hybridized carbons (Fsp3) is 0.100. The first-order valence-electron chi connectivity index (χ1n) is 7.48. The minimum atomic E-state index is -0.453. The third kappa shape index (κ3) is 3.38. The Hall–Kier alpha value is -2.88. The number of ether oxygens (including phenoxy) is 2. The Bertz CT molecular complexity index is 832. The molecule has 24 heavy (non-hydrogen) atoms. The summed E-state index contributed by atoms with van der Waals surface area (Å²) in [5.74, 6) is -0.266. The molecule has 0 aromatic heterocycles. The lowest BCUT2D eigenvalue weighted by atomic mass is 10.0.